The molecule has 0 aliphatic heterocycles. The number of carbonyl (C=O) groups is 1. The van der Waals surface area contributed by atoms with Gasteiger partial charge in [-0.15, -0.1) is 6.58 Å². The molecule has 3 nitrogen and oxygen atoms in total. The largest absolute Gasteiger partial charge is 0.396 e. The minimum atomic E-state index is -0.991. The molecule has 0 radical (unpaired) electrons. The predicted octanol–water partition coefficient (Wildman–Crippen LogP) is 2.34. The summed E-state index contributed by atoms with van der Waals surface area (Å²) in [7, 11) is 0. The maximum atomic E-state index is 13.8. The fourth-order valence-electron chi connectivity index (χ4n) is 1.83. The van der Waals surface area contributed by atoms with E-state index >= 15 is 0 Å². The van der Waals surface area contributed by atoms with Crippen molar-refractivity contribution in [3.8, 4) is 0 Å². The van der Waals surface area contributed by atoms with Gasteiger partial charge in [0.05, 0.1) is 5.69 Å². The van der Waals surface area contributed by atoms with Gasteiger partial charge in [0.25, 0.3) is 5.91 Å². The van der Waals surface area contributed by atoms with Crippen LogP contribution in [0.5, 0.6) is 0 Å². The van der Waals surface area contributed by atoms with Crippen molar-refractivity contribution in [2.75, 3.05) is 12.3 Å². The average molecular weight is 252 g/mol. The molecule has 2 N–H and O–H groups in total. The van der Waals surface area contributed by atoms with Crippen molar-refractivity contribution in [1.29, 1.82) is 0 Å². The van der Waals surface area contributed by atoms with Gasteiger partial charge in [-0.25, -0.2) is 8.78 Å². The number of anilines is 1. The molecule has 1 aliphatic rings. The molecule has 0 unspecified atom stereocenters. The van der Waals surface area contributed by atoms with Gasteiger partial charge >= 0.3 is 0 Å². The molecule has 0 atom stereocenters. The van der Waals surface area contributed by atoms with Gasteiger partial charge in [0.15, 0.2) is 5.82 Å². The molecule has 1 aromatic carbocycles. The van der Waals surface area contributed by atoms with Gasteiger partial charge in [0, 0.05) is 12.6 Å². The van der Waals surface area contributed by atoms with Crippen LogP contribution >= 0.6 is 0 Å². The van der Waals surface area contributed by atoms with E-state index in [1.807, 2.05) is 0 Å². The maximum absolute atomic E-state index is 13.8. The number of hydrogen-bond donors (Lipinski definition) is 1. The van der Waals surface area contributed by atoms with Gasteiger partial charge in [-0.2, -0.15) is 0 Å². The van der Waals surface area contributed by atoms with Crippen LogP contribution in [0, 0.1) is 11.6 Å². The quantitative estimate of drug-likeness (QED) is 0.660. The summed E-state index contributed by atoms with van der Waals surface area (Å²) in [6.07, 6.45) is 3.24. The van der Waals surface area contributed by atoms with E-state index in [2.05, 4.69) is 6.58 Å². The Morgan fingerprint density at radius 2 is 2.17 bits per heavy atom. The first-order valence-electron chi connectivity index (χ1n) is 5.71. The van der Waals surface area contributed by atoms with Crippen LogP contribution in [0.3, 0.4) is 0 Å². The highest BCUT2D eigenvalue weighted by molar-refractivity contribution is 5.96. The molecule has 0 saturated heterocycles. The highest BCUT2D eigenvalue weighted by atomic mass is 19.1. The van der Waals surface area contributed by atoms with Crippen LogP contribution < -0.4 is 5.73 Å². The third-order valence-electron chi connectivity index (χ3n) is 2.91. The number of halogens is 2. The van der Waals surface area contributed by atoms with E-state index in [4.69, 9.17) is 5.73 Å². The highest BCUT2D eigenvalue weighted by Gasteiger charge is 2.34. The SMILES string of the molecule is C=CCN(C(=O)c1c(F)ccc(N)c1F)C1CC1. The van der Waals surface area contributed by atoms with E-state index in [1.54, 1.807) is 6.08 Å². The van der Waals surface area contributed by atoms with Crippen molar-refractivity contribution in [1.82, 2.24) is 4.90 Å². The number of rotatable bonds is 4. The summed E-state index contributed by atoms with van der Waals surface area (Å²) >= 11 is 0. The summed E-state index contributed by atoms with van der Waals surface area (Å²) < 4.78 is 27.4. The Bertz CT molecular complexity index is 498. The Labute approximate surface area is 104 Å². The molecule has 0 heterocycles. The lowest BCUT2D eigenvalue weighted by molar-refractivity contribution is 0.0753. The molecule has 0 spiro atoms. The number of nitrogens with zero attached hydrogens (tertiary/aromatic N) is 1. The molecule has 18 heavy (non-hydrogen) atoms. The van der Waals surface area contributed by atoms with Crippen molar-refractivity contribution in [3.63, 3.8) is 0 Å². The van der Waals surface area contributed by atoms with Gasteiger partial charge < -0.3 is 10.6 Å². The summed E-state index contributed by atoms with van der Waals surface area (Å²) in [6, 6.07) is 2.16. The van der Waals surface area contributed by atoms with E-state index in [9.17, 15) is 13.6 Å². The predicted molar refractivity (Wildman–Crippen MR) is 65.0 cm³/mol. The second-order valence-corrected chi connectivity index (χ2v) is 4.30. The van der Waals surface area contributed by atoms with Crippen molar-refractivity contribution in [2.45, 2.75) is 18.9 Å². The number of amides is 1. The minimum Gasteiger partial charge on any atom is -0.396 e. The molecule has 1 amide bonds. The normalized spacial score (nSPS) is 14.3. The zero-order valence-electron chi connectivity index (χ0n) is 9.83. The highest BCUT2D eigenvalue weighted by Crippen LogP contribution is 2.30. The molecular weight excluding hydrogens is 238 g/mol. The van der Waals surface area contributed by atoms with Crippen molar-refractivity contribution < 1.29 is 13.6 Å². The van der Waals surface area contributed by atoms with Crippen molar-refractivity contribution in [3.05, 3.63) is 42.0 Å². The summed E-state index contributed by atoms with van der Waals surface area (Å²) in [5, 5.41) is 0. The van der Waals surface area contributed by atoms with Crippen LogP contribution in [-0.2, 0) is 0 Å². The number of nitrogen functional groups attached to an aromatic ring is 1. The van der Waals surface area contributed by atoms with E-state index in [0.717, 1.165) is 25.0 Å². The summed E-state index contributed by atoms with van der Waals surface area (Å²) in [5.74, 6) is -2.55. The van der Waals surface area contributed by atoms with Crippen LogP contribution in [0.4, 0.5) is 14.5 Å². The van der Waals surface area contributed by atoms with E-state index in [-0.39, 0.29) is 18.3 Å². The van der Waals surface area contributed by atoms with Gasteiger partial charge in [-0.1, -0.05) is 6.08 Å². The number of hydrogen-bond acceptors (Lipinski definition) is 2. The average Bonchev–Trinajstić information content (AvgIpc) is 3.15. The lowest BCUT2D eigenvalue weighted by Crippen LogP contribution is -2.34. The molecule has 1 aliphatic carbocycles. The Hall–Kier alpha value is -1.91. The second kappa shape index (κ2) is 4.76. The van der Waals surface area contributed by atoms with Gasteiger partial charge in [-0.3, -0.25) is 4.79 Å². The lowest BCUT2D eigenvalue weighted by atomic mass is 10.1. The monoisotopic (exact) mass is 252 g/mol. The molecule has 0 bridgehead atoms. The van der Waals surface area contributed by atoms with Gasteiger partial charge in [0.1, 0.15) is 11.4 Å². The van der Waals surface area contributed by atoms with Crippen molar-refractivity contribution in [2.24, 2.45) is 0 Å². The molecule has 0 aromatic heterocycles. The Morgan fingerprint density at radius 1 is 1.50 bits per heavy atom. The van der Waals surface area contributed by atoms with E-state index < -0.39 is 23.1 Å². The number of nitrogens with two attached hydrogens (primary N) is 1. The molecular formula is C13H14F2N2O. The first-order valence-corrected chi connectivity index (χ1v) is 5.71. The van der Waals surface area contributed by atoms with E-state index in [1.165, 1.54) is 4.90 Å². The molecule has 1 fully saturated rings. The second-order valence-electron chi connectivity index (χ2n) is 4.30. The van der Waals surface area contributed by atoms with Crippen molar-refractivity contribution >= 4 is 11.6 Å². The Kier molecular flexibility index (Phi) is 3.32. The molecule has 96 valence electrons. The maximum Gasteiger partial charge on any atom is 0.260 e. The third kappa shape index (κ3) is 2.20. The molecule has 2 rings (SSSR count). The fourth-order valence-corrected chi connectivity index (χ4v) is 1.83. The third-order valence-corrected chi connectivity index (χ3v) is 2.91. The van der Waals surface area contributed by atoms with E-state index in [0.29, 0.717) is 0 Å². The van der Waals surface area contributed by atoms with Crippen LogP contribution in [0.2, 0.25) is 0 Å². The van der Waals surface area contributed by atoms with Gasteiger partial charge in [-0.05, 0) is 25.0 Å². The fraction of sp³-hybridized carbons (Fsp3) is 0.308. The van der Waals surface area contributed by atoms with Crippen LogP contribution in [0.1, 0.15) is 23.2 Å². The molecule has 5 heteroatoms. The van der Waals surface area contributed by atoms with Gasteiger partial charge in [0.2, 0.25) is 0 Å². The Balaban J connectivity index is 2.37. The number of benzene rings is 1. The zero-order chi connectivity index (χ0) is 13.3. The topological polar surface area (TPSA) is 46.3 Å². The number of carbonyl (C=O) groups excluding carboxylic acids is 1. The first-order chi connectivity index (χ1) is 8.56. The smallest absolute Gasteiger partial charge is 0.260 e. The summed E-state index contributed by atoms with van der Waals surface area (Å²) in [6.45, 7) is 3.82. The molecule has 1 saturated carbocycles. The standard InChI is InChI=1S/C13H14F2N2O/c1-2-7-17(8-3-4-8)13(18)11-9(14)5-6-10(16)12(11)15/h2,5-6,8H,1,3-4,7,16H2. The Morgan fingerprint density at radius 3 is 2.72 bits per heavy atom. The van der Waals surface area contributed by atoms with Crippen LogP contribution in [-0.4, -0.2) is 23.4 Å². The van der Waals surface area contributed by atoms with Crippen LogP contribution in [0.15, 0.2) is 24.8 Å². The lowest BCUT2D eigenvalue weighted by Gasteiger charge is -2.21. The summed E-state index contributed by atoms with van der Waals surface area (Å²) in [5.41, 5.74) is 4.55. The molecule has 1 aromatic rings. The first kappa shape index (κ1) is 12.5. The minimum absolute atomic E-state index is 0.0516. The zero-order valence-corrected chi connectivity index (χ0v) is 9.83. The summed E-state index contributed by atoms with van der Waals surface area (Å²) in [4.78, 5) is 13.6. The van der Waals surface area contributed by atoms with Crippen LogP contribution in [0.25, 0.3) is 0 Å².